The molecule has 0 bridgehead atoms. The molecule has 0 aromatic heterocycles. The summed E-state index contributed by atoms with van der Waals surface area (Å²) in [5, 5.41) is 0.560. The Morgan fingerprint density at radius 3 is 2.79 bits per heavy atom. The largest absolute Gasteiger partial charge is 0.495 e. The molecule has 8 heteroatoms. The smallest absolute Gasteiger partial charge is 0.260 e. The number of benzene rings is 1. The first-order chi connectivity index (χ1) is 13.5. The number of carbonyl (C=O) groups is 1. The summed E-state index contributed by atoms with van der Waals surface area (Å²) in [7, 11) is 1.59. The standard InChI is InChI=1S/C20H22BrClN4O2/c1-4-12-10-26-18-16(19(27)25(5-2)20(26)23-12)13(17(21)24-18)8-11-6-7-15(28-3)14(22)9-11/h6-7,9,12-13H,4-5,8,10H2,1-3H3/t12-,13?/m1/s1. The molecule has 0 N–H and O–H groups in total. The van der Waals surface area contributed by atoms with Crippen molar-refractivity contribution in [2.75, 3.05) is 20.2 Å². The number of guanidine groups is 1. The highest BCUT2D eigenvalue weighted by Crippen LogP contribution is 2.40. The van der Waals surface area contributed by atoms with Gasteiger partial charge in [0.2, 0.25) is 5.96 Å². The van der Waals surface area contributed by atoms with Gasteiger partial charge >= 0.3 is 0 Å². The topological polar surface area (TPSA) is 57.5 Å². The number of methoxy groups -OCH3 is 1. The molecule has 4 rings (SSSR count). The van der Waals surface area contributed by atoms with Gasteiger partial charge in [-0.15, -0.1) is 0 Å². The van der Waals surface area contributed by atoms with E-state index in [1.165, 1.54) is 0 Å². The Hall–Kier alpha value is -1.86. The minimum atomic E-state index is -0.136. The molecule has 2 atom stereocenters. The molecule has 6 nitrogen and oxygen atoms in total. The molecule has 1 aromatic carbocycles. The molecule has 0 spiro atoms. The maximum absolute atomic E-state index is 13.3. The molecule has 0 saturated heterocycles. The summed E-state index contributed by atoms with van der Waals surface area (Å²) in [6.07, 6.45) is 1.57. The van der Waals surface area contributed by atoms with Gasteiger partial charge in [-0.05, 0) is 53.4 Å². The second kappa shape index (κ2) is 7.52. The molecular weight excluding hydrogens is 444 g/mol. The van der Waals surface area contributed by atoms with E-state index in [4.69, 9.17) is 26.3 Å². The van der Waals surface area contributed by atoms with E-state index in [2.05, 4.69) is 27.8 Å². The van der Waals surface area contributed by atoms with Crippen molar-refractivity contribution in [3.63, 3.8) is 0 Å². The number of fused-ring (bicyclic) bond motifs is 2. The zero-order valence-electron chi connectivity index (χ0n) is 16.1. The third-order valence-corrected chi connectivity index (χ3v) is 6.46. The van der Waals surface area contributed by atoms with Crippen molar-refractivity contribution in [2.45, 2.75) is 32.7 Å². The Morgan fingerprint density at radius 1 is 1.36 bits per heavy atom. The van der Waals surface area contributed by atoms with Gasteiger partial charge in [0.05, 0.1) is 34.9 Å². The average Bonchev–Trinajstić information content (AvgIpc) is 3.24. The monoisotopic (exact) mass is 464 g/mol. The van der Waals surface area contributed by atoms with E-state index in [-0.39, 0.29) is 17.9 Å². The predicted molar refractivity (Wildman–Crippen MR) is 114 cm³/mol. The molecule has 3 aliphatic rings. The summed E-state index contributed by atoms with van der Waals surface area (Å²) in [6.45, 7) is 5.44. The minimum absolute atomic E-state index is 0.00735. The van der Waals surface area contributed by atoms with Crippen LogP contribution in [-0.4, -0.2) is 52.5 Å². The number of hydrogen-bond acceptors (Lipinski definition) is 5. The lowest BCUT2D eigenvalue weighted by Gasteiger charge is -2.34. The summed E-state index contributed by atoms with van der Waals surface area (Å²) < 4.78 is 6.01. The minimum Gasteiger partial charge on any atom is -0.495 e. The van der Waals surface area contributed by atoms with Crippen molar-refractivity contribution in [1.82, 2.24) is 9.80 Å². The van der Waals surface area contributed by atoms with Crippen LogP contribution in [0.15, 0.2) is 39.6 Å². The van der Waals surface area contributed by atoms with Crippen LogP contribution in [-0.2, 0) is 11.2 Å². The number of rotatable bonds is 5. The Kier molecular flexibility index (Phi) is 5.22. The second-order valence-corrected chi connectivity index (χ2v) is 8.27. The maximum Gasteiger partial charge on any atom is 0.260 e. The SMILES string of the molecule is CC[C@@H]1CN2C(=N1)N(CC)C(=O)C1=C2N=C(Br)C1Cc1ccc(OC)c(Cl)c1. The molecule has 3 heterocycles. The van der Waals surface area contributed by atoms with E-state index in [0.717, 1.165) is 40.5 Å². The van der Waals surface area contributed by atoms with Crippen molar-refractivity contribution in [3.05, 3.63) is 40.2 Å². The van der Waals surface area contributed by atoms with Gasteiger partial charge < -0.3 is 4.74 Å². The average molecular weight is 466 g/mol. The van der Waals surface area contributed by atoms with E-state index >= 15 is 0 Å². The van der Waals surface area contributed by atoms with Crippen LogP contribution >= 0.6 is 27.5 Å². The fraction of sp³-hybridized carbons (Fsp3) is 0.450. The zero-order valence-corrected chi connectivity index (χ0v) is 18.4. The quantitative estimate of drug-likeness (QED) is 0.664. The van der Waals surface area contributed by atoms with Crippen LogP contribution in [0.5, 0.6) is 5.75 Å². The molecule has 3 aliphatic heterocycles. The van der Waals surface area contributed by atoms with Gasteiger partial charge in [0, 0.05) is 12.5 Å². The Balaban J connectivity index is 1.70. The number of carbonyl (C=O) groups excluding carboxylic acids is 1. The molecule has 0 aliphatic carbocycles. The highest BCUT2D eigenvalue weighted by atomic mass is 79.9. The summed E-state index contributed by atoms with van der Waals surface area (Å²) in [4.78, 5) is 26.7. The third-order valence-electron chi connectivity index (χ3n) is 5.44. The van der Waals surface area contributed by atoms with Crippen molar-refractivity contribution in [1.29, 1.82) is 0 Å². The molecule has 1 unspecified atom stereocenters. The molecule has 1 aromatic rings. The van der Waals surface area contributed by atoms with Crippen LogP contribution in [0, 0.1) is 5.92 Å². The number of amides is 1. The maximum atomic E-state index is 13.3. The number of nitrogens with zero attached hydrogens (tertiary/aromatic N) is 4. The number of ether oxygens (including phenoxy) is 1. The third kappa shape index (κ3) is 3.05. The van der Waals surface area contributed by atoms with Crippen molar-refractivity contribution < 1.29 is 9.53 Å². The van der Waals surface area contributed by atoms with E-state index < -0.39 is 0 Å². The fourth-order valence-electron chi connectivity index (χ4n) is 3.93. The highest BCUT2D eigenvalue weighted by Gasteiger charge is 2.46. The Labute approximate surface area is 178 Å². The number of aliphatic imine (C=N–C) groups is 2. The fourth-order valence-corrected chi connectivity index (χ4v) is 4.77. The second-order valence-electron chi connectivity index (χ2n) is 7.05. The lowest BCUT2D eigenvalue weighted by Crippen LogP contribution is -2.50. The lowest BCUT2D eigenvalue weighted by atomic mass is 9.92. The van der Waals surface area contributed by atoms with Crippen LogP contribution in [0.2, 0.25) is 5.02 Å². The summed E-state index contributed by atoms with van der Waals surface area (Å²) >= 11 is 9.90. The first kappa shape index (κ1) is 19.5. The molecule has 0 saturated carbocycles. The van der Waals surface area contributed by atoms with E-state index in [0.29, 0.717) is 23.7 Å². The normalized spacial score (nSPS) is 23.7. The molecule has 0 fully saturated rings. The van der Waals surface area contributed by atoms with Crippen molar-refractivity contribution >= 4 is 44.0 Å². The van der Waals surface area contributed by atoms with E-state index in [9.17, 15) is 4.79 Å². The molecule has 148 valence electrons. The molecule has 28 heavy (non-hydrogen) atoms. The summed E-state index contributed by atoms with van der Waals surface area (Å²) in [6, 6.07) is 5.91. The van der Waals surface area contributed by atoms with Crippen molar-refractivity contribution in [2.24, 2.45) is 15.9 Å². The number of likely N-dealkylation sites (N-methyl/N-ethyl adjacent to an activating group) is 1. The van der Waals surface area contributed by atoms with Gasteiger partial charge in [0.25, 0.3) is 5.91 Å². The van der Waals surface area contributed by atoms with Crippen molar-refractivity contribution in [3.8, 4) is 5.75 Å². The van der Waals surface area contributed by atoms with Gasteiger partial charge in [-0.1, -0.05) is 24.6 Å². The van der Waals surface area contributed by atoms with E-state index in [1.807, 2.05) is 25.1 Å². The lowest BCUT2D eigenvalue weighted by molar-refractivity contribution is -0.124. The van der Waals surface area contributed by atoms with Crippen LogP contribution in [0.4, 0.5) is 0 Å². The zero-order chi connectivity index (χ0) is 20.0. The van der Waals surface area contributed by atoms with Crippen LogP contribution < -0.4 is 4.74 Å². The number of hydrogen-bond donors (Lipinski definition) is 0. The number of halogens is 2. The van der Waals surface area contributed by atoms with Crippen LogP contribution in [0.3, 0.4) is 0 Å². The first-order valence-corrected chi connectivity index (χ1v) is 10.6. The van der Waals surface area contributed by atoms with E-state index in [1.54, 1.807) is 12.0 Å². The Morgan fingerprint density at radius 2 is 2.14 bits per heavy atom. The first-order valence-electron chi connectivity index (χ1n) is 9.46. The van der Waals surface area contributed by atoms with Gasteiger partial charge in [0.15, 0.2) is 0 Å². The highest BCUT2D eigenvalue weighted by molar-refractivity contribution is 9.18. The summed E-state index contributed by atoms with van der Waals surface area (Å²) in [5.41, 5.74) is 1.76. The molecular formula is C20H22BrClN4O2. The van der Waals surface area contributed by atoms with Crippen LogP contribution in [0.25, 0.3) is 0 Å². The predicted octanol–water partition coefficient (Wildman–Crippen LogP) is 3.84. The van der Waals surface area contributed by atoms with Gasteiger partial charge in [-0.2, -0.15) is 0 Å². The van der Waals surface area contributed by atoms with Gasteiger partial charge in [-0.3, -0.25) is 14.6 Å². The van der Waals surface area contributed by atoms with Gasteiger partial charge in [-0.25, -0.2) is 9.98 Å². The molecule has 1 amide bonds. The molecule has 0 radical (unpaired) electrons. The van der Waals surface area contributed by atoms with Gasteiger partial charge in [0.1, 0.15) is 11.6 Å². The Bertz CT molecular complexity index is 927. The van der Waals surface area contributed by atoms with Crippen LogP contribution in [0.1, 0.15) is 25.8 Å². The summed E-state index contributed by atoms with van der Waals surface area (Å²) in [5.74, 6) is 1.96.